The summed E-state index contributed by atoms with van der Waals surface area (Å²) in [4.78, 5) is 20.2. The van der Waals surface area contributed by atoms with E-state index in [1.165, 1.54) is 0 Å². The van der Waals surface area contributed by atoms with Crippen molar-refractivity contribution in [2.75, 3.05) is 18.4 Å². The van der Waals surface area contributed by atoms with Gasteiger partial charge in [-0.3, -0.25) is 9.69 Å². The van der Waals surface area contributed by atoms with E-state index in [-0.39, 0.29) is 11.8 Å². The molecule has 1 amide bonds. The van der Waals surface area contributed by atoms with Crippen LogP contribution in [-0.4, -0.2) is 34.0 Å². The highest BCUT2D eigenvalue weighted by atomic mass is 35.5. The number of anilines is 1. The van der Waals surface area contributed by atoms with E-state index in [1.54, 1.807) is 29.5 Å². The normalized spacial score (nSPS) is 15.6. The van der Waals surface area contributed by atoms with E-state index in [4.69, 9.17) is 27.7 Å². The number of halogens is 2. The molecular weight excluding hydrogens is 419 g/mol. The van der Waals surface area contributed by atoms with Crippen molar-refractivity contribution in [1.82, 2.24) is 15.0 Å². The van der Waals surface area contributed by atoms with E-state index in [9.17, 15) is 4.79 Å². The van der Waals surface area contributed by atoms with Gasteiger partial charge in [0.2, 0.25) is 17.6 Å². The number of amides is 1. The van der Waals surface area contributed by atoms with Crippen molar-refractivity contribution in [2.45, 2.75) is 19.4 Å². The van der Waals surface area contributed by atoms with E-state index in [0.717, 1.165) is 30.8 Å². The van der Waals surface area contributed by atoms with Gasteiger partial charge in [0.25, 0.3) is 0 Å². The first-order chi connectivity index (χ1) is 13.6. The monoisotopic (exact) mass is 436 g/mol. The highest BCUT2D eigenvalue weighted by molar-refractivity contribution is 7.13. The second-order valence-electron chi connectivity index (χ2n) is 6.65. The fourth-order valence-corrected chi connectivity index (χ4v) is 4.30. The summed E-state index contributed by atoms with van der Waals surface area (Å²) >= 11 is 13.6. The van der Waals surface area contributed by atoms with Gasteiger partial charge in [-0.05, 0) is 55.6 Å². The Hall–Kier alpha value is -1.93. The predicted molar refractivity (Wildman–Crippen MR) is 111 cm³/mol. The van der Waals surface area contributed by atoms with Crippen LogP contribution >= 0.6 is 34.5 Å². The highest BCUT2D eigenvalue weighted by Gasteiger charge is 2.26. The molecule has 0 radical (unpaired) electrons. The van der Waals surface area contributed by atoms with Crippen LogP contribution in [0.3, 0.4) is 0 Å². The maximum Gasteiger partial charge on any atom is 0.241 e. The van der Waals surface area contributed by atoms with Crippen molar-refractivity contribution in [3.63, 3.8) is 0 Å². The topological polar surface area (TPSA) is 71.3 Å². The molecule has 3 heterocycles. The number of carbonyl (C=O) groups is 1. The molecule has 1 fully saturated rings. The molecule has 1 aromatic carbocycles. The molecule has 0 atom stereocenters. The molecule has 0 saturated carbocycles. The van der Waals surface area contributed by atoms with Crippen LogP contribution in [0.1, 0.15) is 18.7 Å². The predicted octanol–water partition coefficient (Wildman–Crippen LogP) is 4.96. The Morgan fingerprint density at radius 3 is 2.82 bits per heavy atom. The maximum atomic E-state index is 12.5. The van der Waals surface area contributed by atoms with Gasteiger partial charge >= 0.3 is 0 Å². The molecule has 1 aliphatic heterocycles. The Balaban J connectivity index is 1.29. The molecule has 9 heteroatoms. The first-order valence-electron chi connectivity index (χ1n) is 8.93. The number of rotatable bonds is 5. The zero-order valence-electron chi connectivity index (χ0n) is 14.9. The molecule has 146 valence electrons. The fraction of sp³-hybridized carbons (Fsp3) is 0.316. The van der Waals surface area contributed by atoms with E-state index in [1.807, 2.05) is 17.5 Å². The number of nitrogens with zero attached hydrogens (tertiary/aromatic N) is 3. The van der Waals surface area contributed by atoms with Crippen LogP contribution in [0.15, 0.2) is 40.2 Å². The average molecular weight is 437 g/mol. The van der Waals surface area contributed by atoms with E-state index in [0.29, 0.717) is 34.0 Å². The standard InChI is InChI=1S/C19H18Cl2N4O2S/c20-13-3-4-15(14(21)10-13)22-19(26)12-5-7-25(8-6-12)11-17-23-18(24-27-17)16-2-1-9-28-16/h1-4,9-10,12H,5-8,11H2,(H,22,26). The quantitative estimate of drug-likeness (QED) is 0.611. The Bertz CT molecular complexity index is 953. The average Bonchev–Trinajstić information content (AvgIpc) is 3.36. The van der Waals surface area contributed by atoms with Gasteiger partial charge in [0.15, 0.2) is 0 Å². The highest BCUT2D eigenvalue weighted by Crippen LogP contribution is 2.27. The number of thiophene rings is 1. The summed E-state index contributed by atoms with van der Waals surface area (Å²) in [6.45, 7) is 2.18. The second-order valence-corrected chi connectivity index (χ2v) is 8.44. The number of piperidine rings is 1. The Labute approximate surface area is 176 Å². The zero-order valence-corrected chi connectivity index (χ0v) is 17.2. The summed E-state index contributed by atoms with van der Waals surface area (Å²) in [5.74, 6) is 1.16. The summed E-state index contributed by atoms with van der Waals surface area (Å²) in [5.41, 5.74) is 0.588. The molecule has 0 spiro atoms. The van der Waals surface area contributed by atoms with E-state index in [2.05, 4.69) is 20.4 Å². The van der Waals surface area contributed by atoms with Gasteiger partial charge in [0.1, 0.15) is 0 Å². The smallest absolute Gasteiger partial charge is 0.241 e. The molecule has 4 rings (SSSR count). The van der Waals surface area contributed by atoms with E-state index < -0.39 is 0 Å². The largest absolute Gasteiger partial charge is 0.338 e. The molecular formula is C19H18Cl2N4O2S. The molecule has 28 heavy (non-hydrogen) atoms. The first-order valence-corrected chi connectivity index (χ1v) is 10.6. The van der Waals surface area contributed by atoms with Crippen molar-refractivity contribution in [3.05, 3.63) is 51.6 Å². The third-order valence-electron chi connectivity index (χ3n) is 4.72. The zero-order chi connectivity index (χ0) is 19.5. The molecule has 6 nitrogen and oxygen atoms in total. The molecule has 0 aliphatic carbocycles. The van der Waals surface area contributed by atoms with Crippen LogP contribution in [0.25, 0.3) is 10.7 Å². The van der Waals surface area contributed by atoms with Gasteiger partial charge in [-0.15, -0.1) is 11.3 Å². The van der Waals surface area contributed by atoms with Crippen molar-refractivity contribution in [3.8, 4) is 10.7 Å². The van der Waals surface area contributed by atoms with Crippen LogP contribution in [0.5, 0.6) is 0 Å². The summed E-state index contributed by atoms with van der Waals surface area (Å²) in [6.07, 6.45) is 1.53. The van der Waals surface area contributed by atoms with Crippen LogP contribution in [-0.2, 0) is 11.3 Å². The van der Waals surface area contributed by atoms with Gasteiger partial charge < -0.3 is 9.84 Å². The minimum absolute atomic E-state index is 0.0124. The number of nitrogens with one attached hydrogen (secondary N) is 1. The number of aromatic nitrogens is 2. The minimum Gasteiger partial charge on any atom is -0.338 e. The number of likely N-dealkylation sites (tertiary alicyclic amines) is 1. The van der Waals surface area contributed by atoms with Crippen LogP contribution in [0, 0.1) is 5.92 Å². The van der Waals surface area contributed by atoms with Crippen molar-refractivity contribution in [1.29, 1.82) is 0 Å². The van der Waals surface area contributed by atoms with Gasteiger partial charge in [0.05, 0.1) is 22.1 Å². The number of hydrogen-bond acceptors (Lipinski definition) is 6. The van der Waals surface area contributed by atoms with Gasteiger partial charge in [-0.25, -0.2) is 0 Å². The molecule has 1 aliphatic rings. The third-order valence-corrected chi connectivity index (χ3v) is 6.13. The fourth-order valence-electron chi connectivity index (χ4n) is 3.20. The Morgan fingerprint density at radius 2 is 2.11 bits per heavy atom. The number of carbonyl (C=O) groups excluding carboxylic acids is 1. The van der Waals surface area contributed by atoms with Gasteiger partial charge in [0, 0.05) is 10.9 Å². The summed E-state index contributed by atoms with van der Waals surface area (Å²) in [5, 5.41) is 9.91. The summed E-state index contributed by atoms with van der Waals surface area (Å²) in [6, 6.07) is 8.98. The molecule has 3 aromatic rings. The lowest BCUT2D eigenvalue weighted by atomic mass is 9.96. The molecule has 0 unspecified atom stereocenters. The van der Waals surface area contributed by atoms with Gasteiger partial charge in [-0.2, -0.15) is 4.98 Å². The lowest BCUT2D eigenvalue weighted by molar-refractivity contribution is -0.121. The molecule has 1 N–H and O–H groups in total. The molecule has 2 aromatic heterocycles. The van der Waals surface area contributed by atoms with Crippen LogP contribution in [0.4, 0.5) is 5.69 Å². The first kappa shape index (κ1) is 19.4. The van der Waals surface area contributed by atoms with Crippen molar-refractivity contribution in [2.24, 2.45) is 5.92 Å². The summed E-state index contributed by atoms with van der Waals surface area (Å²) in [7, 11) is 0. The number of hydrogen-bond donors (Lipinski definition) is 1. The van der Waals surface area contributed by atoms with E-state index >= 15 is 0 Å². The minimum atomic E-state index is -0.0487. The molecule has 0 bridgehead atoms. The Kier molecular flexibility index (Phi) is 5.96. The summed E-state index contributed by atoms with van der Waals surface area (Å²) < 4.78 is 5.37. The maximum absolute atomic E-state index is 12.5. The second kappa shape index (κ2) is 8.61. The lowest BCUT2D eigenvalue weighted by Crippen LogP contribution is -2.37. The van der Waals surface area contributed by atoms with Crippen molar-refractivity contribution < 1.29 is 9.32 Å². The number of benzene rings is 1. The van der Waals surface area contributed by atoms with Gasteiger partial charge in [-0.1, -0.05) is 34.4 Å². The molecule has 1 saturated heterocycles. The van der Waals surface area contributed by atoms with Crippen LogP contribution < -0.4 is 5.32 Å². The Morgan fingerprint density at radius 1 is 1.29 bits per heavy atom. The SMILES string of the molecule is O=C(Nc1ccc(Cl)cc1Cl)C1CCN(Cc2nc(-c3cccs3)no2)CC1. The lowest BCUT2D eigenvalue weighted by Gasteiger charge is -2.30. The van der Waals surface area contributed by atoms with Crippen LogP contribution in [0.2, 0.25) is 10.0 Å². The third kappa shape index (κ3) is 4.55. The van der Waals surface area contributed by atoms with Crippen molar-refractivity contribution >= 4 is 46.1 Å².